The van der Waals surface area contributed by atoms with Crippen LogP contribution in [0.4, 0.5) is 0 Å². The van der Waals surface area contributed by atoms with Gasteiger partial charge in [-0.05, 0) is 36.5 Å². The van der Waals surface area contributed by atoms with Crippen LogP contribution in [0.1, 0.15) is 48.4 Å². The molecule has 6 heteroatoms. The zero-order chi connectivity index (χ0) is 20.8. The largest absolute Gasteiger partial charge is 0.452 e. The third kappa shape index (κ3) is 3.21. The molecule has 0 unspecified atom stereocenters. The van der Waals surface area contributed by atoms with Crippen molar-refractivity contribution in [1.82, 2.24) is 19.8 Å². The number of fused-ring (bicyclic) bond motifs is 2. The Morgan fingerprint density at radius 1 is 1.00 bits per heavy atom. The first-order valence-corrected chi connectivity index (χ1v) is 11.1. The summed E-state index contributed by atoms with van der Waals surface area (Å²) in [5, 5.41) is 15.7. The quantitative estimate of drug-likeness (QED) is 0.339. The first-order valence-electron chi connectivity index (χ1n) is 10.3. The van der Waals surface area contributed by atoms with Crippen LogP contribution in [0.5, 0.6) is 0 Å². The van der Waals surface area contributed by atoms with Crippen molar-refractivity contribution in [3.8, 4) is 11.6 Å². The first kappa shape index (κ1) is 19.0. The molecular weight excluding hydrogens is 392 g/mol. The number of aromatic nitrogens is 4. The minimum atomic E-state index is 0.189. The molecule has 0 bridgehead atoms. The van der Waals surface area contributed by atoms with Crippen LogP contribution in [0.3, 0.4) is 0 Å². The molecule has 3 aromatic heterocycles. The van der Waals surface area contributed by atoms with Crippen LogP contribution >= 0.6 is 11.3 Å². The summed E-state index contributed by atoms with van der Waals surface area (Å²) in [6.07, 6.45) is 1.10. The van der Waals surface area contributed by atoms with Crippen LogP contribution in [-0.4, -0.2) is 19.8 Å². The molecule has 0 N–H and O–H groups in total. The molecule has 2 aromatic carbocycles. The Morgan fingerprint density at radius 3 is 2.50 bits per heavy atom. The maximum atomic E-state index is 6.09. The van der Waals surface area contributed by atoms with Crippen molar-refractivity contribution in [1.29, 1.82) is 0 Å². The monoisotopic (exact) mass is 416 g/mol. The molecule has 30 heavy (non-hydrogen) atoms. The van der Waals surface area contributed by atoms with Crippen molar-refractivity contribution in [3.05, 3.63) is 70.2 Å². The number of benzene rings is 2. The lowest BCUT2D eigenvalue weighted by Crippen LogP contribution is -1.99. The molecule has 5 aromatic rings. The Kier molecular flexibility index (Phi) is 4.66. The molecule has 1 atom stereocenters. The van der Waals surface area contributed by atoms with E-state index in [0.717, 1.165) is 38.7 Å². The van der Waals surface area contributed by atoms with Gasteiger partial charge in [-0.15, -0.1) is 10.2 Å². The average Bonchev–Trinajstić information content (AvgIpc) is 3.41. The zero-order valence-corrected chi connectivity index (χ0v) is 18.4. The van der Waals surface area contributed by atoms with E-state index in [1.165, 1.54) is 11.1 Å². The standard InChI is InChI=1S/C24H24N4OS/c1-14(2)13-17-9-11-18(12-10-17)15(3)23-27-28-22(25-26-24(28)30-23)21-16(4)19-7-5-6-8-20(19)29-21/h5-12,14-15H,13H2,1-4H3/t15-/m1/s1. The van der Waals surface area contributed by atoms with Gasteiger partial charge in [0.1, 0.15) is 10.6 Å². The molecule has 5 rings (SSSR count). The predicted molar refractivity (Wildman–Crippen MR) is 121 cm³/mol. The second kappa shape index (κ2) is 7.36. The van der Waals surface area contributed by atoms with Crippen molar-refractivity contribution in [2.24, 2.45) is 5.92 Å². The molecule has 0 radical (unpaired) electrons. The minimum absolute atomic E-state index is 0.189. The Bertz CT molecular complexity index is 1330. The van der Waals surface area contributed by atoms with E-state index in [0.29, 0.717) is 11.7 Å². The Labute approximate surface area is 179 Å². The van der Waals surface area contributed by atoms with E-state index in [1.807, 2.05) is 22.7 Å². The number of hydrogen-bond acceptors (Lipinski definition) is 5. The lowest BCUT2D eigenvalue weighted by molar-refractivity contribution is 0.618. The van der Waals surface area contributed by atoms with E-state index in [4.69, 9.17) is 9.52 Å². The zero-order valence-electron chi connectivity index (χ0n) is 17.6. The SMILES string of the molecule is Cc1c(-c2nnc3sc([C@H](C)c4ccc(CC(C)C)cc4)nn23)oc2ccccc12. The van der Waals surface area contributed by atoms with E-state index < -0.39 is 0 Å². The predicted octanol–water partition coefficient (Wildman–Crippen LogP) is 6.26. The third-order valence-corrected chi connectivity index (χ3v) is 6.63. The third-order valence-electron chi connectivity index (χ3n) is 5.55. The summed E-state index contributed by atoms with van der Waals surface area (Å²) in [6, 6.07) is 16.9. The van der Waals surface area contributed by atoms with Gasteiger partial charge in [0.2, 0.25) is 10.8 Å². The normalized spacial score (nSPS) is 13.0. The molecule has 0 fully saturated rings. The maximum absolute atomic E-state index is 6.09. The summed E-state index contributed by atoms with van der Waals surface area (Å²) in [5.74, 6) is 2.23. The van der Waals surface area contributed by atoms with Crippen molar-refractivity contribution < 1.29 is 4.42 Å². The highest BCUT2D eigenvalue weighted by Gasteiger charge is 2.22. The number of para-hydroxylation sites is 1. The highest BCUT2D eigenvalue weighted by molar-refractivity contribution is 7.16. The molecule has 0 saturated carbocycles. The van der Waals surface area contributed by atoms with Gasteiger partial charge in [-0.25, -0.2) is 0 Å². The topological polar surface area (TPSA) is 56.2 Å². The summed E-state index contributed by atoms with van der Waals surface area (Å²) in [6.45, 7) is 8.74. The van der Waals surface area contributed by atoms with Crippen LogP contribution in [0.25, 0.3) is 27.5 Å². The molecule has 0 saturated heterocycles. The van der Waals surface area contributed by atoms with Crippen molar-refractivity contribution in [2.45, 2.75) is 40.0 Å². The lowest BCUT2D eigenvalue weighted by Gasteiger charge is -2.10. The van der Waals surface area contributed by atoms with Crippen molar-refractivity contribution in [2.75, 3.05) is 0 Å². The molecule has 0 aliphatic rings. The van der Waals surface area contributed by atoms with Crippen molar-refractivity contribution >= 4 is 27.3 Å². The summed E-state index contributed by atoms with van der Waals surface area (Å²) in [4.78, 5) is 0.781. The Balaban J connectivity index is 1.50. The number of rotatable bonds is 5. The molecule has 3 heterocycles. The molecule has 0 aliphatic carbocycles. The number of nitrogens with zero attached hydrogens (tertiary/aromatic N) is 4. The van der Waals surface area contributed by atoms with Crippen LogP contribution in [0.2, 0.25) is 0 Å². The first-order chi connectivity index (χ1) is 14.5. The van der Waals surface area contributed by atoms with E-state index in [-0.39, 0.29) is 5.92 Å². The van der Waals surface area contributed by atoms with Gasteiger partial charge in [-0.1, -0.05) is 74.6 Å². The Morgan fingerprint density at radius 2 is 1.77 bits per heavy atom. The molecule has 0 spiro atoms. The minimum Gasteiger partial charge on any atom is -0.452 e. The summed E-state index contributed by atoms with van der Waals surface area (Å²) < 4.78 is 7.91. The van der Waals surface area contributed by atoms with Gasteiger partial charge in [-0.2, -0.15) is 9.61 Å². The van der Waals surface area contributed by atoms with Crippen LogP contribution in [0, 0.1) is 12.8 Å². The highest BCUT2D eigenvalue weighted by Crippen LogP contribution is 2.34. The van der Waals surface area contributed by atoms with Gasteiger partial charge in [0.25, 0.3) is 0 Å². The Hall–Kier alpha value is -2.99. The summed E-state index contributed by atoms with van der Waals surface area (Å²) in [7, 11) is 0. The molecule has 0 amide bonds. The summed E-state index contributed by atoms with van der Waals surface area (Å²) in [5.41, 5.74) is 4.55. The second-order valence-electron chi connectivity index (χ2n) is 8.27. The number of hydrogen-bond donors (Lipinski definition) is 0. The van der Waals surface area contributed by atoms with Gasteiger partial charge in [0.05, 0.1) is 0 Å². The second-order valence-corrected chi connectivity index (χ2v) is 9.26. The van der Waals surface area contributed by atoms with E-state index >= 15 is 0 Å². The fourth-order valence-electron chi connectivity index (χ4n) is 3.89. The maximum Gasteiger partial charge on any atom is 0.235 e. The smallest absolute Gasteiger partial charge is 0.235 e. The molecule has 0 aliphatic heterocycles. The lowest BCUT2D eigenvalue weighted by atomic mass is 9.97. The fraction of sp³-hybridized carbons (Fsp3) is 0.292. The van der Waals surface area contributed by atoms with Gasteiger partial charge < -0.3 is 4.42 Å². The van der Waals surface area contributed by atoms with Crippen LogP contribution < -0.4 is 0 Å². The van der Waals surface area contributed by atoms with Crippen LogP contribution in [0.15, 0.2) is 52.9 Å². The summed E-state index contributed by atoms with van der Waals surface area (Å²) >= 11 is 1.58. The molecule has 5 nitrogen and oxygen atoms in total. The highest BCUT2D eigenvalue weighted by atomic mass is 32.1. The van der Waals surface area contributed by atoms with Gasteiger partial charge in [-0.3, -0.25) is 0 Å². The van der Waals surface area contributed by atoms with Crippen LogP contribution in [-0.2, 0) is 6.42 Å². The van der Waals surface area contributed by atoms with Gasteiger partial charge in [0, 0.05) is 16.9 Å². The molecule has 152 valence electrons. The van der Waals surface area contributed by atoms with E-state index in [2.05, 4.69) is 68.2 Å². The fourth-order valence-corrected chi connectivity index (χ4v) is 4.81. The number of furan rings is 1. The van der Waals surface area contributed by atoms with Crippen molar-refractivity contribution in [3.63, 3.8) is 0 Å². The average molecular weight is 417 g/mol. The molecular formula is C24H24N4OS. The van der Waals surface area contributed by atoms with E-state index in [1.54, 1.807) is 11.3 Å². The number of aryl methyl sites for hydroxylation is 1. The van der Waals surface area contributed by atoms with E-state index in [9.17, 15) is 0 Å². The van der Waals surface area contributed by atoms with Gasteiger partial charge >= 0.3 is 0 Å². The van der Waals surface area contributed by atoms with Gasteiger partial charge in [0.15, 0.2) is 5.76 Å².